The average Bonchev–Trinajstić information content (AvgIpc) is 3.49. The van der Waals surface area contributed by atoms with Crippen LogP contribution in [0.5, 0.6) is 0 Å². The average molecular weight is 446 g/mol. The van der Waals surface area contributed by atoms with Crippen LogP contribution in [0.1, 0.15) is 42.8 Å². The van der Waals surface area contributed by atoms with Crippen molar-refractivity contribution in [3.8, 4) is 11.3 Å². The number of nitrogens with one attached hydrogen (secondary N) is 2. The van der Waals surface area contributed by atoms with Gasteiger partial charge in [0.15, 0.2) is 5.65 Å². The molecule has 8 heteroatoms. The fourth-order valence-electron chi connectivity index (χ4n) is 3.49. The zero-order chi connectivity index (χ0) is 23.2. The Hall–Kier alpha value is -3.94. The van der Waals surface area contributed by atoms with Crippen LogP contribution in [0, 0.1) is 0 Å². The number of benzene rings is 1. The fraction of sp³-hybridized carbons (Fsp3) is 0.280. The van der Waals surface area contributed by atoms with Gasteiger partial charge in [-0.05, 0) is 31.5 Å². The van der Waals surface area contributed by atoms with Crippen molar-refractivity contribution in [2.45, 2.75) is 39.3 Å². The SMILES string of the molecule is CCC(C)NC(=O)CCNC(=O)c1cc(-c2ccccc2)nc2c1cnn2Cc1ccco1. The van der Waals surface area contributed by atoms with Crippen molar-refractivity contribution in [1.82, 2.24) is 25.4 Å². The summed E-state index contributed by atoms with van der Waals surface area (Å²) in [6.45, 7) is 4.61. The van der Waals surface area contributed by atoms with Gasteiger partial charge in [-0.3, -0.25) is 9.59 Å². The number of carbonyl (C=O) groups excluding carboxylic acids is 2. The molecule has 8 nitrogen and oxygen atoms in total. The van der Waals surface area contributed by atoms with E-state index in [-0.39, 0.29) is 30.8 Å². The lowest BCUT2D eigenvalue weighted by Crippen LogP contribution is -2.35. The maximum absolute atomic E-state index is 13.1. The quantitative estimate of drug-likeness (QED) is 0.408. The van der Waals surface area contributed by atoms with Gasteiger partial charge in [-0.25, -0.2) is 9.67 Å². The number of aromatic nitrogens is 3. The van der Waals surface area contributed by atoms with Crippen LogP contribution in [0.25, 0.3) is 22.3 Å². The number of amides is 2. The number of rotatable bonds is 9. The molecular weight excluding hydrogens is 418 g/mol. The minimum Gasteiger partial charge on any atom is -0.467 e. The van der Waals surface area contributed by atoms with Crippen molar-refractivity contribution >= 4 is 22.8 Å². The standard InChI is InChI=1S/C25H27N5O3/c1-3-17(2)28-23(31)11-12-26-25(32)20-14-22(18-8-5-4-6-9-18)29-24-21(20)15-27-30(24)16-19-10-7-13-33-19/h4-10,13-15,17H,3,11-12,16H2,1-2H3,(H,26,32)(H,28,31). The van der Waals surface area contributed by atoms with Crippen molar-refractivity contribution in [3.05, 3.63) is 72.3 Å². The van der Waals surface area contributed by atoms with E-state index in [1.807, 2.05) is 56.3 Å². The highest BCUT2D eigenvalue weighted by atomic mass is 16.3. The molecular formula is C25H27N5O3. The Kier molecular flexibility index (Phi) is 6.83. The summed E-state index contributed by atoms with van der Waals surface area (Å²) in [5.74, 6) is 0.388. The predicted molar refractivity (Wildman–Crippen MR) is 126 cm³/mol. The second-order valence-electron chi connectivity index (χ2n) is 7.92. The summed E-state index contributed by atoms with van der Waals surface area (Å²) in [5, 5.41) is 10.9. The van der Waals surface area contributed by atoms with Crippen LogP contribution in [0.3, 0.4) is 0 Å². The Bertz CT molecular complexity index is 1230. The maximum atomic E-state index is 13.1. The Labute approximate surface area is 192 Å². The molecule has 0 aliphatic heterocycles. The molecule has 2 amide bonds. The third-order valence-electron chi connectivity index (χ3n) is 5.47. The smallest absolute Gasteiger partial charge is 0.252 e. The summed E-state index contributed by atoms with van der Waals surface area (Å²) in [5.41, 5.74) is 2.62. The van der Waals surface area contributed by atoms with Crippen LogP contribution >= 0.6 is 0 Å². The van der Waals surface area contributed by atoms with Crippen LogP contribution in [-0.2, 0) is 11.3 Å². The zero-order valence-electron chi connectivity index (χ0n) is 18.7. The summed E-state index contributed by atoms with van der Waals surface area (Å²) < 4.78 is 7.17. The molecule has 0 spiro atoms. The minimum atomic E-state index is -0.270. The second kappa shape index (κ2) is 10.1. The van der Waals surface area contributed by atoms with Gasteiger partial charge in [0.05, 0.1) is 29.1 Å². The zero-order valence-corrected chi connectivity index (χ0v) is 18.7. The Morgan fingerprint density at radius 3 is 2.70 bits per heavy atom. The van der Waals surface area contributed by atoms with Crippen molar-refractivity contribution in [2.24, 2.45) is 0 Å². The molecule has 1 aromatic carbocycles. The summed E-state index contributed by atoms with van der Waals surface area (Å²) in [6, 6.07) is 15.2. The molecule has 0 bridgehead atoms. The predicted octanol–water partition coefficient (Wildman–Crippen LogP) is 3.77. The lowest BCUT2D eigenvalue weighted by Gasteiger charge is -2.12. The van der Waals surface area contributed by atoms with Gasteiger partial charge in [0, 0.05) is 24.6 Å². The highest BCUT2D eigenvalue weighted by Gasteiger charge is 2.18. The third-order valence-corrected chi connectivity index (χ3v) is 5.47. The Morgan fingerprint density at radius 2 is 1.97 bits per heavy atom. The molecule has 3 aromatic heterocycles. The van der Waals surface area contributed by atoms with Gasteiger partial charge in [-0.2, -0.15) is 5.10 Å². The number of hydrogen-bond donors (Lipinski definition) is 2. The molecule has 0 aliphatic rings. The summed E-state index contributed by atoms with van der Waals surface area (Å²) in [6.07, 6.45) is 4.33. The van der Waals surface area contributed by atoms with E-state index >= 15 is 0 Å². The molecule has 4 rings (SSSR count). The molecule has 0 saturated heterocycles. The molecule has 0 aliphatic carbocycles. The second-order valence-corrected chi connectivity index (χ2v) is 7.92. The molecule has 170 valence electrons. The van der Waals surface area contributed by atoms with Crippen molar-refractivity contribution in [1.29, 1.82) is 0 Å². The van der Waals surface area contributed by atoms with Gasteiger partial charge in [0.2, 0.25) is 5.91 Å². The maximum Gasteiger partial charge on any atom is 0.252 e. The number of pyridine rings is 1. The minimum absolute atomic E-state index is 0.0826. The van der Waals surface area contributed by atoms with Gasteiger partial charge in [0.25, 0.3) is 5.91 Å². The van der Waals surface area contributed by atoms with Crippen molar-refractivity contribution in [3.63, 3.8) is 0 Å². The van der Waals surface area contributed by atoms with Crippen LogP contribution < -0.4 is 10.6 Å². The van der Waals surface area contributed by atoms with Crippen molar-refractivity contribution < 1.29 is 14.0 Å². The first kappa shape index (κ1) is 22.3. The van der Waals surface area contributed by atoms with E-state index in [0.29, 0.717) is 28.8 Å². The van der Waals surface area contributed by atoms with Gasteiger partial charge in [-0.15, -0.1) is 0 Å². The highest BCUT2D eigenvalue weighted by Crippen LogP contribution is 2.25. The number of hydrogen-bond acceptors (Lipinski definition) is 5. The molecule has 3 heterocycles. The number of carbonyl (C=O) groups is 2. The largest absolute Gasteiger partial charge is 0.467 e. The molecule has 4 aromatic rings. The summed E-state index contributed by atoms with van der Waals surface area (Å²) in [7, 11) is 0. The topological polar surface area (TPSA) is 102 Å². The van der Waals surface area contributed by atoms with Gasteiger partial charge in [0.1, 0.15) is 12.3 Å². The van der Waals surface area contributed by atoms with Crippen LogP contribution in [-0.4, -0.2) is 39.2 Å². The molecule has 1 atom stereocenters. The van der Waals surface area contributed by atoms with E-state index in [9.17, 15) is 9.59 Å². The third kappa shape index (κ3) is 5.28. The van der Waals surface area contributed by atoms with Gasteiger partial charge >= 0.3 is 0 Å². The van der Waals surface area contributed by atoms with Crippen LogP contribution in [0.4, 0.5) is 0 Å². The number of nitrogens with zero attached hydrogens (tertiary/aromatic N) is 3. The van der Waals surface area contributed by atoms with E-state index in [2.05, 4.69) is 15.7 Å². The fourth-order valence-corrected chi connectivity index (χ4v) is 3.49. The van der Waals surface area contributed by atoms with Gasteiger partial charge in [-0.1, -0.05) is 37.3 Å². The van der Waals surface area contributed by atoms with E-state index < -0.39 is 0 Å². The first-order chi connectivity index (χ1) is 16.0. The van der Waals surface area contributed by atoms with E-state index in [4.69, 9.17) is 9.40 Å². The van der Waals surface area contributed by atoms with Crippen LogP contribution in [0.2, 0.25) is 0 Å². The molecule has 0 radical (unpaired) electrons. The lowest BCUT2D eigenvalue weighted by atomic mass is 10.1. The lowest BCUT2D eigenvalue weighted by molar-refractivity contribution is -0.121. The molecule has 0 fully saturated rings. The molecule has 0 saturated carbocycles. The van der Waals surface area contributed by atoms with Gasteiger partial charge < -0.3 is 15.1 Å². The monoisotopic (exact) mass is 445 g/mol. The Morgan fingerprint density at radius 1 is 1.15 bits per heavy atom. The normalized spacial score (nSPS) is 11.9. The summed E-state index contributed by atoms with van der Waals surface area (Å²) in [4.78, 5) is 29.9. The summed E-state index contributed by atoms with van der Waals surface area (Å²) >= 11 is 0. The van der Waals surface area contributed by atoms with E-state index in [1.54, 1.807) is 23.2 Å². The van der Waals surface area contributed by atoms with E-state index in [0.717, 1.165) is 17.7 Å². The number of fused-ring (bicyclic) bond motifs is 1. The molecule has 1 unspecified atom stereocenters. The van der Waals surface area contributed by atoms with E-state index in [1.165, 1.54) is 0 Å². The first-order valence-corrected chi connectivity index (χ1v) is 11.1. The highest BCUT2D eigenvalue weighted by molar-refractivity contribution is 6.06. The van der Waals surface area contributed by atoms with Crippen LogP contribution in [0.15, 0.2) is 65.4 Å². The first-order valence-electron chi connectivity index (χ1n) is 11.1. The molecule has 2 N–H and O–H groups in total. The number of furan rings is 1. The molecule has 33 heavy (non-hydrogen) atoms. The Balaban J connectivity index is 1.61. The van der Waals surface area contributed by atoms with Crippen molar-refractivity contribution in [2.75, 3.05) is 6.54 Å².